The number of carbonyl (C=O) groups excluding carboxylic acids is 3. The minimum absolute atomic E-state index is 0.0786. The van der Waals surface area contributed by atoms with Crippen molar-refractivity contribution in [3.63, 3.8) is 0 Å². The monoisotopic (exact) mass is 701 g/mol. The Hall–Kier alpha value is -5.45. The van der Waals surface area contributed by atoms with Gasteiger partial charge in [0.1, 0.15) is 18.7 Å². The van der Waals surface area contributed by atoms with Gasteiger partial charge in [0.2, 0.25) is 11.4 Å². The summed E-state index contributed by atoms with van der Waals surface area (Å²) in [6.07, 6.45) is 0.235. The Kier molecular flexibility index (Phi) is 10.5. The molecular weight excluding hydrogens is 671 g/mol. The number of hydrogen-bond acceptors (Lipinski definition) is 11. The number of fused-ring (bicyclic) bond motifs is 4. The number of amides is 1. The highest BCUT2D eigenvalue weighted by molar-refractivity contribution is 6.30. The molecule has 0 spiro atoms. The molecule has 1 amide bonds. The number of imidazole rings is 1. The first-order chi connectivity index (χ1) is 23.4. The topological polar surface area (TPSA) is 178 Å². The molecule has 49 heavy (non-hydrogen) atoms. The molecule has 4 aromatic rings. The van der Waals surface area contributed by atoms with Crippen LogP contribution in [0.3, 0.4) is 0 Å². The van der Waals surface area contributed by atoms with Crippen LogP contribution in [0.4, 0.5) is 24.5 Å². The molecule has 0 saturated carbocycles. The van der Waals surface area contributed by atoms with Crippen LogP contribution in [0.25, 0.3) is 23.0 Å². The van der Waals surface area contributed by atoms with Gasteiger partial charge in [0.15, 0.2) is 0 Å². The lowest BCUT2D eigenvalue weighted by Crippen LogP contribution is -2.58. The van der Waals surface area contributed by atoms with Crippen molar-refractivity contribution in [3.8, 4) is 16.9 Å². The maximum atomic E-state index is 14.9. The van der Waals surface area contributed by atoms with Crippen molar-refractivity contribution in [1.82, 2.24) is 35.5 Å². The highest BCUT2D eigenvalue weighted by atomic mass is 35.5. The van der Waals surface area contributed by atoms with E-state index in [9.17, 15) is 27.6 Å². The third kappa shape index (κ3) is 7.83. The maximum Gasteiger partial charge on any atom is 0.422 e. The van der Waals surface area contributed by atoms with Crippen molar-refractivity contribution in [2.24, 2.45) is 0 Å². The van der Waals surface area contributed by atoms with E-state index in [1.165, 1.54) is 48.6 Å². The number of hydrogen-bond donors (Lipinski definition) is 4. The Morgan fingerprint density at radius 3 is 2.67 bits per heavy atom. The number of benzene rings is 2. The number of aromatic nitrogens is 6. The smallest absolute Gasteiger partial charge is 0.422 e. The Balaban J connectivity index is 1.48. The molecule has 258 valence electrons. The van der Waals surface area contributed by atoms with Crippen molar-refractivity contribution in [2.45, 2.75) is 43.4 Å². The van der Waals surface area contributed by atoms with Gasteiger partial charge >= 0.3 is 18.1 Å². The molecule has 3 heterocycles. The quantitative estimate of drug-likeness (QED) is 0.149. The summed E-state index contributed by atoms with van der Waals surface area (Å²) in [4.78, 5) is 45.5. The zero-order valence-electron chi connectivity index (χ0n) is 26.2. The van der Waals surface area contributed by atoms with Crippen LogP contribution >= 0.6 is 11.6 Å². The molecule has 0 radical (unpaired) electrons. The number of esters is 2. The molecule has 0 saturated heterocycles. The number of ether oxygens (including phenoxy) is 2. The van der Waals surface area contributed by atoms with E-state index in [4.69, 9.17) is 11.6 Å². The summed E-state index contributed by atoms with van der Waals surface area (Å²) in [5.41, 5.74) is -1.38. The summed E-state index contributed by atoms with van der Waals surface area (Å²) in [6.45, 7) is -0.255. The second-order valence-electron chi connectivity index (χ2n) is 11.0. The molecule has 1 aliphatic heterocycles. The third-order valence-corrected chi connectivity index (χ3v) is 8.10. The molecule has 2 aromatic heterocycles. The number of carbonyl (C=O) groups is 3. The number of methoxy groups -OCH3 is 2. The molecule has 4 N–H and O–H groups in total. The van der Waals surface area contributed by atoms with Crippen LogP contribution in [0, 0.1) is 0 Å². The normalized spacial score (nSPS) is 18.0. The molecule has 0 fully saturated rings. The number of tetrazole rings is 1. The highest BCUT2D eigenvalue weighted by Crippen LogP contribution is 2.42. The van der Waals surface area contributed by atoms with E-state index in [1.807, 2.05) is 0 Å². The predicted molar refractivity (Wildman–Crippen MR) is 172 cm³/mol. The van der Waals surface area contributed by atoms with E-state index in [-0.39, 0.29) is 48.4 Å². The molecule has 1 aliphatic rings. The van der Waals surface area contributed by atoms with Gasteiger partial charge in [0, 0.05) is 39.8 Å². The van der Waals surface area contributed by atoms with Gasteiger partial charge < -0.3 is 30.4 Å². The number of nitrogens with zero attached hydrogens (tertiary/aromatic N) is 5. The predicted octanol–water partition coefficient (Wildman–Crippen LogP) is 4.62. The van der Waals surface area contributed by atoms with Crippen molar-refractivity contribution < 1.29 is 37.0 Å². The Morgan fingerprint density at radius 2 is 1.96 bits per heavy atom. The van der Waals surface area contributed by atoms with Gasteiger partial charge in [-0.05, 0) is 65.7 Å². The van der Waals surface area contributed by atoms with Gasteiger partial charge in [-0.15, -0.1) is 5.10 Å². The maximum absolute atomic E-state index is 14.9. The van der Waals surface area contributed by atoms with Crippen molar-refractivity contribution in [3.05, 3.63) is 71.4 Å². The first-order valence-corrected chi connectivity index (χ1v) is 15.3. The lowest BCUT2D eigenvalue weighted by Gasteiger charge is -2.35. The van der Waals surface area contributed by atoms with E-state index in [2.05, 4.69) is 50.9 Å². The van der Waals surface area contributed by atoms with Crippen LogP contribution in [-0.4, -0.2) is 80.5 Å². The molecule has 1 unspecified atom stereocenters. The Bertz CT molecular complexity index is 1850. The summed E-state index contributed by atoms with van der Waals surface area (Å²) in [5.74, 6) is -2.26. The molecule has 2 bridgehead atoms. The average molecular weight is 702 g/mol. The number of rotatable bonds is 8. The van der Waals surface area contributed by atoms with Gasteiger partial charge in [0.25, 0.3) is 0 Å². The van der Waals surface area contributed by atoms with Gasteiger partial charge in [-0.2, -0.15) is 17.9 Å². The fraction of sp³-hybridized carbons (Fsp3) is 0.323. The first-order valence-electron chi connectivity index (χ1n) is 14.9. The second kappa shape index (κ2) is 14.8. The van der Waals surface area contributed by atoms with Crippen LogP contribution in [0.5, 0.6) is 0 Å². The Morgan fingerprint density at radius 1 is 1.14 bits per heavy atom. The summed E-state index contributed by atoms with van der Waals surface area (Å²) in [7, 11) is 2.09. The number of alkyl halides is 3. The second-order valence-corrected chi connectivity index (χ2v) is 11.4. The number of anilines is 2. The SMILES string of the molecule is COC(=O)CNc1ccc2c(c1)NC(C(=O)OC)(C(F)(F)F)CCCC[C@H](NC(=O)/C=C/c1cc(Cl)ccc1-n1cnnn1)c1nc-2c[nH]1. The molecular formula is C31H31ClF3N9O5. The van der Waals surface area contributed by atoms with Crippen molar-refractivity contribution >= 4 is 46.9 Å². The van der Waals surface area contributed by atoms with Gasteiger partial charge in [-0.1, -0.05) is 24.4 Å². The van der Waals surface area contributed by atoms with E-state index < -0.39 is 42.0 Å². The van der Waals surface area contributed by atoms with Crippen LogP contribution in [0.15, 0.2) is 55.0 Å². The number of nitrogens with one attached hydrogen (secondary N) is 4. The number of halogens is 4. The zero-order chi connectivity index (χ0) is 35.2. The summed E-state index contributed by atoms with van der Waals surface area (Å²) in [5, 5.41) is 19.7. The van der Waals surface area contributed by atoms with E-state index in [0.29, 0.717) is 22.1 Å². The minimum atomic E-state index is -5.08. The highest BCUT2D eigenvalue weighted by Gasteiger charge is 2.61. The summed E-state index contributed by atoms with van der Waals surface area (Å²) < 4.78 is 55.4. The van der Waals surface area contributed by atoms with Crippen LogP contribution in [0.2, 0.25) is 5.02 Å². The largest absolute Gasteiger partial charge is 0.468 e. The van der Waals surface area contributed by atoms with Gasteiger partial charge in [-0.3, -0.25) is 9.59 Å². The average Bonchev–Trinajstić information content (AvgIpc) is 3.79. The molecule has 5 rings (SSSR count). The lowest BCUT2D eigenvalue weighted by atomic mass is 9.89. The standard InChI is InChI=1S/C31H31ClF3N9O5/c1-48-27(46)16-36-20-8-9-21-23(14-20)41-30(29(47)49-2,31(33,34)35)12-4-3-5-22(28-37-15-24(21)40-28)39-26(45)11-6-18-13-19(32)7-10-25(18)44-17-38-42-43-44/h6-11,13-15,17,22,36,41H,3-5,12,16H2,1-2H3,(H,37,40)(H,39,45)/b11-6+/t22-,30?/m0/s1. The van der Waals surface area contributed by atoms with Gasteiger partial charge in [0.05, 0.1) is 31.6 Å². The molecule has 14 nitrogen and oxygen atoms in total. The molecule has 18 heteroatoms. The summed E-state index contributed by atoms with van der Waals surface area (Å²) >= 11 is 6.18. The van der Waals surface area contributed by atoms with E-state index in [0.717, 1.165) is 7.11 Å². The summed E-state index contributed by atoms with van der Waals surface area (Å²) in [6, 6.07) is 8.61. The van der Waals surface area contributed by atoms with Gasteiger partial charge in [-0.25, -0.2) is 9.78 Å². The molecule has 2 atom stereocenters. The first kappa shape index (κ1) is 34.9. The third-order valence-electron chi connectivity index (χ3n) is 7.86. The molecule has 2 aromatic carbocycles. The van der Waals surface area contributed by atoms with Crippen LogP contribution in [-0.2, 0) is 23.9 Å². The van der Waals surface area contributed by atoms with Crippen molar-refractivity contribution in [1.29, 1.82) is 0 Å². The number of aromatic amines is 1. The fourth-order valence-corrected chi connectivity index (χ4v) is 5.55. The van der Waals surface area contributed by atoms with Crippen molar-refractivity contribution in [2.75, 3.05) is 31.4 Å². The van der Waals surface area contributed by atoms with Crippen LogP contribution < -0.4 is 16.0 Å². The van der Waals surface area contributed by atoms with Crippen LogP contribution in [0.1, 0.15) is 43.1 Å². The zero-order valence-corrected chi connectivity index (χ0v) is 26.9. The van der Waals surface area contributed by atoms with E-state index >= 15 is 0 Å². The minimum Gasteiger partial charge on any atom is -0.468 e. The lowest BCUT2D eigenvalue weighted by molar-refractivity contribution is -0.200. The Labute approximate surface area is 282 Å². The number of H-pyrrole nitrogens is 1. The fourth-order valence-electron chi connectivity index (χ4n) is 5.37. The molecule has 0 aliphatic carbocycles. The van der Waals surface area contributed by atoms with E-state index in [1.54, 1.807) is 24.3 Å².